The minimum atomic E-state index is 0.725. The third kappa shape index (κ3) is 1.14. The third-order valence-corrected chi connectivity index (χ3v) is 1.12. The van der Waals surface area contributed by atoms with Gasteiger partial charge >= 0.3 is 0 Å². The lowest BCUT2D eigenvalue weighted by Crippen LogP contribution is -2.14. The number of aliphatic imine (C=N–C) groups is 1. The quantitative estimate of drug-likeness (QED) is 0.453. The molecular weight excluding hydrogens is 112 g/mol. The second kappa shape index (κ2) is 1.80. The summed E-state index contributed by atoms with van der Waals surface area (Å²) in [6.07, 6.45) is 0. The summed E-state index contributed by atoms with van der Waals surface area (Å²) in [6.45, 7) is 1.58. The Kier molecular flexibility index (Phi) is 1.30. The zero-order chi connectivity index (χ0) is 5.28. The van der Waals surface area contributed by atoms with Crippen LogP contribution in [0.25, 0.3) is 0 Å². The Hall–Kier alpha value is -0.0800. The monoisotopic (exact) mass is 118 g/mol. The van der Waals surface area contributed by atoms with Crippen LogP contribution in [0.15, 0.2) is 4.99 Å². The fraction of sp³-hybridized carbons (Fsp3) is 0.750. The van der Waals surface area contributed by atoms with E-state index in [-0.39, 0.29) is 0 Å². The van der Waals surface area contributed by atoms with Crippen LogP contribution in [0, 0.1) is 0 Å². The average molecular weight is 119 g/mol. The maximum absolute atomic E-state index is 5.52. The van der Waals surface area contributed by atoms with Crippen molar-refractivity contribution in [2.45, 2.75) is 0 Å². The van der Waals surface area contributed by atoms with E-state index < -0.39 is 0 Å². The van der Waals surface area contributed by atoms with Crippen molar-refractivity contribution in [3.8, 4) is 0 Å². The zero-order valence-corrected chi connectivity index (χ0v) is 4.94. The molecule has 0 aliphatic carbocycles. The lowest BCUT2D eigenvalue weighted by Gasteiger charge is -2.00. The molecule has 1 heterocycles. The van der Waals surface area contributed by atoms with Crippen LogP contribution < -0.4 is 0 Å². The smallest absolute Gasteiger partial charge is 0.116 e. The highest BCUT2D eigenvalue weighted by molar-refractivity contribution is 6.66. The van der Waals surface area contributed by atoms with Crippen molar-refractivity contribution >= 4 is 16.8 Å². The molecular formula is C4H7ClN2. The molecule has 2 nitrogen and oxygen atoms in total. The first-order valence-corrected chi connectivity index (χ1v) is 2.54. The highest BCUT2D eigenvalue weighted by Crippen LogP contribution is 1.98. The Balaban J connectivity index is 2.42. The van der Waals surface area contributed by atoms with Gasteiger partial charge in [-0.15, -0.1) is 0 Å². The maximum atomic E-state index is 5.52. The summed E-state index contributed by atoms with van der Waals surface area (Å²) >= 11 is 5.52. The molecule has 0 N–H and O–H groups in total. The average Bonchev–Trinajstić information content (AvgIpc) is 1.87. The highest BCUT2D eigenvalue weighted by Gasteiger charge is 2.06. The summed E-state index contributed by atoms with van der Waals surface area (Å²) in [7, 11) is 1.98. The molecule has 3 heteroatoms. The highest BCUT2D eigenvalue weighted by atomic mass is 35.5. The minimum absolute atomic E-state index is 0.725. The van der Waals surface area contributed by atoms with E-state index in [4.69, 9.17) is 11.6 Å². The molecule has 0 atom stereocenters. The molecule has 0 radical (unpaired) electrons. The van der Waals surface area contributed by atoms with Crippen LogP contribution in [-0.4, -0.2) is 30.3 Å². The molecule has 0 amide bonds. The van der Waals surface area contributed by atoms with E-state index >= 15 is 0 Å². The summed E-state index contributed by atoms with van der Waals surface area (Å²) in [5.41, 5.74) is 0. The molecule has 1 rings (SSSR count). The summed E-state index contributed by atoms with van der Waals surface area (Å²) in [6, 6.07) is 0. The molecule has 0 aromatic rings. The van der Waals surface area contributed by atoms with Crippen molar-refractivity contribution in [3.05, 3.63) is 0 Å². The summed E-state index contributed by atoms with van der Waals surface area (Å²) in [4.78, 5) is 5.97. The van der Waals surface area contributed by atoms with Gasteiger partial charge in [-0.1, -0.05) is 11.6 Å². The van der Waals surface area contributed by atoms with Gasteiger partial charge in [0.2, 0.25) is 0 Å². The van der Waals surface area contributed by atoms with Crippen molar-refractivity contribution in [2.75, 3.05) is 20.3 Å². The van der Waals surface area contributed by atoms with Gasteiger partial charge in [-0.3, -0.25) is 9.89 Å². The van der Waals surface area contributed by atoms with Crippen LogP contribution in [-0.2, 0) is 0 Å². The Morgan fingerprint density at radius 2 is 2.57 bits per heavy atom. The number of halogens is 1. The molecule has 7 heavy (non-hydrogen) atoms. The Morgan fingerprint density at radius 3 is 2.71 bits per heavy atom. The first-order valence-electron chi connectivity index (χ1n) is 2.16. The lowest BCUT2D eigenvalue weighted by molar-refractivity contribution is 0.422. The van der Waals surface area contributed by atoms with Gasteiger partial charge in [0.15, 0.2) is 0 Å². The fourth-order valence-electron chi connectivity index (χ4n) is 0.520. The number of nitrogens with zero attached hydrogens (tertiary/aromatic N) is 2. The van der Waals surface area contributed by atoms with Crippen LogP contribution in [0.2, 0.25) is 0 Å². The van der Waals surface area contributed by atoms with Gasteiger partial charge in [0.1, 0.15) is 5.17 Å². The van der Waals surface area contributed by atoms with Gasteiger partial charge in [-0.2, -0.15) is 0 Å². The van der Waals surface area contributed by atoms with E-state index in [1.807, 2.05) is 11.9 Å². The summed E-state index contributed by atoms with van der Waals surface area (Å²) < 4.78 is 0. The van der Waals surface area contributed by atoms with E-state index in [2.05, 4.69) is 4.99 Å². The molecule has 0 fully saturated rings. The molecule has 0 unspecified atom stereocenters. The number of hydrogen-bond donors (Lipinski definition) is 0. The van der Waals surface area contributed by atoms with Gasteiger partial charge in [0, 0.05) is 0 Å². The second-order valence-electron chi connectivity index (χ2n) is 1.69. The van der Waals surface area contributed by atoms with E-state index in [9.17, 15) is 0 Å². The lowest BCUT2D eigenvalue weighted by atomic mass is 10.7. The normalized spacial score (nSPS) is 22.9. The van der Waals surface area contributed by atoms with Crippen LogP contribution in [0.5, 0.6) is 0 Å². The molecule has 0 bridgehead atoms. The Bertz CT molecular complexity index is 99.9. The van der Waals surface area contributed by atoms with Crippen LogP contribution in [0.1, 0.15) is 0 Å². The van der Waals surface area contributed by atoms with Gasteiger partial charge in [0.25, 0.3) is 0 Å². The SMILES string of the molecule is CN1CN=C(Cl)C1. The fourth-order valence-corrected chi connectivity index (χ4v) is 0.778. The van der Waals surface area contributed by atoms with Crippen LogP contribution >= 0.6 is 11.6 Å². The molecule has 0 spiro atoms. The standard InChI is InChI=1S/C4H7ClN2/c1-7-2-4(5)6-3-7/h2-3H2,1H3. The van der Waals surface area contributed by atoms with E-state index in [1.165, 1.54) is 0 Å². The van der Waals surface area contributed by atoms with Gasteiger partial charge < -0.3 is 0 Å². The largest absolute Gasteiger partial charge is 0.281 e. The van der Waals surface area contributed by atoms with Crippen molar-refractivity contribution in [3.63, 3.8) is 0 Å². The van der Waals surface area contributed by atoms with Gasteiger partial charge in [-0.25, -0.2) is 0 Å². The van der Waals surface area contributed by atoms with E-state index in [0.717, 1.165) is 18.4 Å². The van der Waals surface area contributed by atoms with Gasteiger partial charge in [0.05, 0.1) is 13.2 Å². The minimum Gasteiger partial charge on any atom is -0.281 e. The number of rotatable bonds is 0. The van der Waals surface area contributed by atoms with E-state index in [0.29, 0.717) is 0 Å². The first kappa shape index (κ1) is 5.06. The summed E-state index contributed by atoms with van der Waals surface area (Å²) in [5.74, 6) is 0. The van der Waals surface area contributed by atoms with Crippen molar-refractivity contribution in [1.82, 2.24) is 4.90 Å². The second-order valence-corrected chi connectivity index (χ2v) is 2.13. The molecule has 0 aromatic heterocycles. The predicted octanol–water partition coefficient (Wildman–Crippen LogP) is 0.527. The van der Waals surface area contributed by atoms with Crippen LogP contribution in [0.4, 0.5) is 0 Å². The molecule has 1 aliphatic heterocycles. The zero-order valence-electron chi connectivity index (χ0n) is 4.19. The number of hydrogen-bond acceptors (Lipinski definition) is 2. The molecule has 0 saturated heterocycles. The first-order chi connectivity index (χ1) is 3.29. The molecule has 0 aromatic carbocycles. The third-order valence-electron chi connectivity index (χ3n) is 0.884. The van der Waals surface area contributed by atoms with Gasteiger partial charge in [-0.05, 0) is 7.05 Å². The van der Waals surface area contributed by atoms with Crippen LogP contribution in [0.3, 0.4) is 0 Å². The Morgan fingerprint density at radius 1 is 1.86 bits per heavy atom. The molecule has 1 aliphatic rings. The van der Waals surface area contributed by atoms with E-state index in [1.54, 1.807) is 0 Å². The molecule has 40 valence electrons. The predicted molar refractivity (Wildman–Crippen MR) is 30.8 cm³/mol. The maximum Gasteiger partial charge on any atom is 0.116 e. The summed E-state index contributed by atoms with van der Waals surface area (Å²) in [5, 5.41) is 0.725. The van der Waals surface area contributed by atoms with Crippen molar-refractivity contribution < 1.29 is 0 Å². The molecule has 0 saturated carbocycles. The topological polar surface area (TPSA) is 15.6 Å². The Labute approximate surface area is 47.8 Å². The van der Waals surface area contributed by atoms with Crippen molar-refractivity contribution in [1.29, 1.82) is 0 Å². The van der Waals surface area contributed by atoms with Crippen molar-refractivity contribution in [2.24, 2.45) is 4.99 Å².